The molecule has 1 aromatic heterocycles. The molecule has 0 saturated carbocycles. The predicted molar refractivity (Wildman–Crippen MR) is 203 cm³/mol. The van der Waals surface area contributed by atoms with Crippen molar-refractivity contribution in [2.24, 2.45) is 11.3 Å². The zero-order chi connectivity index (χ0) is 41.6. The first-order chi connectivity index (χ1) is 26.4. The van der Waals surface area contributed by atoms with Gasteiger partial charge in [0.25, 0.3) is 0 Å². The Morgan fingerprint density at radius 2 is 1.70 bits per heavy atom. The monoisotopic (exact) mass is 780 g/mol. The second kappa shape index (κ2) is 20.4. The Hall–Kier alpha value is -5.48. The molecular weight excluding hydrogens is 724 g/mol. The molecular formula is C39H56N8O9. The van der Waals surface area contributed by atoms with Crippen LogP contribution < -0.4 is 26.6 Å². The van der Waals surface area contributed by atoms with Crippen molar-refractivity contribution in [3.05, 3.63) is 47.8 Å². The summed E-state index contributed by atoms with van der Waals surface area (Å²) >= 11 is 0. The molecule has 2 heterocycles. The minimum atomic E-state index is -1.70. The maximum atomic E-state index is 14.1. The van der Waals surface area contributed by atoms with Crippen LogP contribution >= 0.6 is 0 Å². The van der Waals surface area contributed by atoms with Gasteiger partial charge in [-0.2, -0.15) is 0 Å². The van der Waals surface area contributed by atoms with Crippen LogP contribution in [0.4, 0.5) is 0 Å². The maximum absolute atomic E-state index is 14.1. The summed E-state index contributed by atoms with van der Waals surface area (Å²) < 4.78 is 1.66. The fourth-order valence-corrected chi connectivity index (χ4v) is 6.71. The van der Waals surface area contributed by atoms with E-state index in [1.54, 1.807) is 36.9 Å². The average Bonchev–Trinajstić information content (AvgIpc) is 3.58. The van der Waals surface area contributed by atoms with Gasteiger partial charge in [-0.3, -0.25) is 38.4 Å². The minimum Gasteiger partial charge on any atom is -0.481 e. The Morgan fingerprint density at radius 3 is 2.32 bits per heavy atom. The summed E-state index contributed by atoms with van der Waals surface area (Å²) in [6.45, 7) is 9.11. The summed E-state index contributed by atoms with van der Waals surface area (Å²) in [6, 6.07) is 5.38. The van der Waals surface area contributed by atoms with E-state index in [0.29, 0.717) is 37.9 Å². The highest BCUT2D eigenvalue weighted by Gasteiger charge is 2.40. The summed E-state index contributed by atoms with van der Waals surface area (Å²) in [5.41, 5.74) is -1.39. The molecule has 5 amide bonds. The molecule has 0 fully saturated rings. The lowest BCUT2D eigenvalue weighted by atomic mass is 9.79. The van der Waals surface area contributed by atoms with Gasteiger partial charge in [-0.25, -0.2) is 4.68 Å². The summed E-state index contributed by atoms with van der Waals surface area (Å²) in [6.07, 6.45) is 2.64. The van der Waals surface area contributed by atoms with Gasteiger partial charge in [0.1, 0.15) is 23.4 Å². The SMILES string of the molecule is CC[C@@H](C)[C@@H]1NC(=O)[C@@](C)(CC(C)=O)CCCn2nncc2CCC[C@@](C)(C(=O)N[C@@H](Cc2ccccc2)C(C)=O)NC(=O)[C@H](CC(=O)O)NC(=O)CNC1=O. The number of carboxylic acids is 1. The summed E-state index contributed by atoms with van der Waals surface area (Å²) in [5.74, 6) is -6.09. The van der Waals surface area contributed by atoms with E-state index in [1.807, 2.05) is 25.1 Å². The minimum absolute atomic E-state index is 0.0172. The molecule has 56 heavy (non-hydrogen) atoms. The zero-order valence-corrected chi connectivity index (χ0v) is 33.1. The van der Waals surface area contributed by atoms with Crippen molar-refractivity contribution >= 4 is 47.1 Å². The van der Waals surface area contributed by atoms with E-state index in [9.17, 15) is 43.5 Å². The molecule has 0 radical (unpaired) electrons. The summed E-state index contributed by atoms with van der Waals surface area (Å²) in [4.78, 5) is 105. The number of nitrogens with zero attached hydrogens (tertiary/aromatic N) is 3. The largest absolute Gasteiger partial charge is 0.481 e. The molecule has 6 atom stereocenters. The number of aromatic nitrogens is 3. The van der Waals surface area contributed by atoms with Gasteiger partial charge in [0.05, 0.1) is 36.3 Å². The number of rotatable bonds is 11. The van der Waals surface area contributed by atoms with Crippen molar-refractivity contribution in [1.82, 2.24) is 41.6 Å². The van der Waals surface area contributed by atoms with Crippen LogP contribution in [0.15, 0.2) is 36.5 Å². The number of aliphatic carboxylic acids is 1. The van der Waals surface area contributed by atoms with Crippen LogP contribution in [0.3, 0.4) is 0 Å². The van der Waals surface area contributed by atoms with Gasteiger partial charge in [0.15, 0.2) is 5.78 Å². The number of nitrogens with one attached hydrogen (secondary N) is 5. The Balaban J connectivity index is 2.00. The van der Waals surface area contributed by atoms with E-state index < -0.39 is 77.6 Å². The number of benzene rings is 1. The fraction of sp³-hybridized carbons (Fsp3) is 0.590. The molecule has 6 N–H and O–H groups in total. The molecule has 1 aliphatic rings. The third-order valence-corrected chi connectivity index (χ3v) is 10.3. The van der Waals surface area contributed by atoms with E-state index in [2.05, 4.69) is 36.9 Å². The number of aryl methyl sites for hydroxylation is 2. The first-order valence-electron chi connectivity index (χ1n) is 19.0. The topological polar surface area (TPSA) is 248 Å². The van der Waals surface area contributed by atoms with E-state index >= 15 is 0 Å². The highest BCUT2D eigenvalue weighted by atomic mass is 16.4. The van der Waals surface area contributed by atoms with Gasteiger partial charge in [-0.05, 0) is 70.8 Å². The number of hydrogen-bond acceptors (Lipinski definition) is 10. The molecule has 0 unspecified atom stereocenters. The van der Waals surface area contributed by atoms with Gasteiger partial charge in [-0.15, -0.1) is 5.10 Å². The third kappa shape index (κ3) is 13.1. The molecule has 0 spiro atoms. The Bertz CT molecular complexity index is 1750. The number of hydrogen-bond donors (Lipinski definition) is 6. The van der Waals surface area contributed by atoms with Crippen molar-refractivity contribution in [2.45, 2.75) is 130 Å². The molecule has 17 nitrogen and oxygen atoms in total. The quantitative estimate of drug-likeness (QED) is 0.189. The smallest absolute Gasteiger partial charge is 0.305 e. The maximum Gasteiger partial charge on any atom is 0.305 e. The zero-order valence-electron chi connectivity index (χ0n) is 33.1. The Morgan fingerprint density at radius 1 is 1.00 bits per heavy atom. The molecule has 0 aliphatic carbocycles. The van der Waals surface area contributed by atoms with Crippen molar-refractivity contribution in [3.63, 3.8) is 0 Å². The van der Waals surface area contributed by atoms with Crippen LogP contribution in [0.5, 0.6) is 0 Å². The summed E-state index contributed by atoms with van der Waals surface area (Å²) in [7, 11) is 0. The Labute approximate surface area is 326 Å². The lowest BCUT2D eigenvalue weighted by Crippen LogP contribution is -2.63. The van der Waals surface area contributed by atoms with Crippen LogP contribution in [-0.4, -0.2) is 97.4 Å². The van der Waals surface area contributed by atoms with Crippen molar-refractivity contribution in [1.29, 1.82) is 0 Å². The average molecular weight is 781 g/mol. The third-order valence-electron chi connectivity index (χ3n) is 10.3. The summed E-state index contributed by atoms with van der Waals surface area (Å²) in [5, 5.41) is 30.9. The first kappa shape index (κ1) is 44.9. The van der Waals surface area contributed by atoms with Gasteiger partial charge in [-0.1, -0.05) is 62.7 Å². The number of Topliss-reactive ketones (excluding diaryl/α,β-unsaturated/α-hetero) is 2. The fourth-order valence-electron chi connectivity index (χ4n) is 6.71. The first-order valence-corrected chi connectivity index (χ1v) is 19.0. The number of fused-ring (bicyclic) bond motifs is 1. The second-order valence-corrected chi connectivity index (χ2v) is 15.3. The molecule has 0 bridgehead atoms. The van der Waals surface area contributed by atoms with E-state index in [0.717, 1.165) is 5.56 Å². The normalized spacial score (nSPS) is 24.4. The molecule has 1 aromatic carbocycles. The van der Waals surface area contributed by atoms with Gasteiger partial charge in [0, 0.05) is 13.0 Å². The number of amides is 5. The van der Waals surface area contributed by atoms with E-state index in [4.69, 9.17) is 0 Å². The molecule has 0 saturated heterocycles. The van der Waals surface area contributed by atoms with Crippen LogP contribution in [0.1, 0.15) is 97.7 Å². The van der Waals surface area contributed by atoms with Gasteiger partial charge < -0.3 is 31.7 Å². The van der Waals surface area contributed by atoms with Crippen LogP contribution in [-0.2, 0) is 57.7 Å². The van der Waals surface area contributed by atoms with Crippen LogP contribution in [0.25, 0.3) is 0 Å². The number of ketones is 2. The predicted octanol–water partition coefficient (Wildman–Crippen LogP) is 1.18. The van der Waals surface area contributed by atoms with Crippen LogP contribution in [0.2, 0.25) is 0 Å². The van der Waals surface area contributed by atoms with Gasteiger partial charge in [0.2, 0.25) is 29.5 Å². The van der Waals surface area contributed by atoms with Crippen molar-refractivity contribution < 1.29 is 43.5 Å². The van der Waals surface area contributed by atoms with Crippen molar-refractivity contribution in [2.75, 3.05) is 6.54 Å². The number of carboxylic acid groups (broad SMARTS) is 1. The highest BCUT2D eigenvalue weighted by molar-refractivity contribution is 5.98. The number of carbonyl (C=O) groups is 8. The van der Waals surface area contributed by atoms with Crippen molar-refractivity contribution in [3.8, 4) is 0 Å². The standard InChI is InChI=1S/C39H56N8O9/c1-7-24(2)33-35(54)40-23-31(50)42-30(20-32(51)52)34(53)45-39(6,37(56)43-29(26(4)49)19-27-13-9-8-10-14-27)17-11-15-28-22-41-46-47(28)18-12-16-38(5,21-25(3)48)36(55)44-33/h8-10,13-14,22,24,29-30,33H,7,11-12,15-21,23H2,1-6H3,(H,40,54)(H,42,50)(H,43,56)(H,44,55)(H,45,53)(H,51,52)/t24-,29+,30+,33+,38-,39+/m1/s1. The van der Waals surface area contributed by atoms with Crippen LogP contribution in [0, 0.1) is 11.3 Å². The Kier molecular flexibility index (Phi) is 16.4. The van der Waals surface area contributed by atoms with E-state index in [1.165, 1.54) is 20.8 Å². The molecule has 2 aromatic rings. The van der Waals surface area contributed by atoms with E-state index in [-0.39, 0.29) is 43.2 Å². The lowest BCUT2D eigenvalue weighted by Gasteiger charge is -2.33. The second-order valence-electron chi connectivity index (χ2n) is 15.3. The number of carbonyl (C=O) groups excluding carboxylic acids is 7. The molecule has 1 aliphatic heterocycles. The molecule has 3 rings (SSSR count). The lowest BCUT2D eigenvalue weighted by molar-refractivity contribution is -0.142. The molecule has 17 heteroatoms. The molecule has 306 valence electrons. The van der Waals surface area contributed by atoms with Gasteiger partial charge >= 0.3 is 5.97 Å². The highest BCUT2D eigenvalue weighted by Crippen LogP contribution is 2.30.